The van der Waals surface area contributed by atoms with Crippen molar-refractivity contribution < 1.29 is 31.8 Å². The van der Waals surface area contributed by atoms with E-state index >= 15 is 0 Å². The Labute approximate surface area is 152 Å². The van der Waals surface area contributed by atoms with E-state index in [1.165, 1.54) is 12.1 Å². The predicted molar refractivity (Wildman–Crippen MR) is 91.1 cm³/mol. The highest BCUT2D eigenvalue weighted by atomic mass is 19.4. The SMILES string of the molecule is CC1CC=C(c2ccc(-c3ccc(OC(F)(F)F)c(F)c3O)cc2F)CC1. The summed E-state index contributed by atoms with van der Waals surface area (Å²) >= 11 is 0. The summed E-state index contributed by atoms with van der Waals surface area (Å²) in [7, 11) is 0. The number of ether oxygens (including phenoxy) is 1. The molecule has 0 bridgehead atoms. The Bertz CT molecular complexity index is 887. The van der Waals surface area contributed by atoms with Gasteiger partial charge in [-0.25, -0.2) is 4.39 Å². The van der Waals surface area contributed by atoms with Crippen LogP contribution < -0.4 is 4.74 Å². The number of hydrogen-bond donors (Lipinski definition) is 1. The largest absolute Gasteiger partial charge is 0.573 e. The summed E-state index contributed by atoms with van der Waals surface area (Å²) in [6.45, 7) is 2.12. The van der Waals surface area contributed by atoms with E-state index in [1.54, 1.807) is 0 Å². The van der Waals surface area contributed by atoms with Crippen LogP contribution in [0.1, 0.15) is 31.7 Å². The zero-order valence-corrected chi connectivity index (χ0v) is 14.4. The maximum Gasteiger partial charge on any atom is 0.573 e. The van der Waals surface area contributed by atoms with Gasteiger partial charge < -0.3 is 9.84 Å². The van der Waals surface area contributed by atoms with Gasteiger partial charge in [0.15, 0.2) is 11.5 Å². The van der Waals surface area contributed by atoms with E-state index in [0.717, 1.165) is 43.0 Å². The molecule has 0 aliphatic heterocycles. The van der Waals surface area contributed by atoms with Gasteiger partial charge in [0.25, 0.3) is 0 Å². The van der Waals surface area contributed by atoms with Crippen LogP contribution in [0.5, 0.6) is 11.5 Å². The van der Waals surface area contributed by atoms with Gasteiger partial charge in [0.05, 0.1) is 0 Å². The van der Waals surface area contributed by atoms with Crippen LogP contribution in [0.25, 0.3) is 16.7 Å². The predicted octanol–water partition coefficient (Wildman–Crippen LogP) is 6.44. The van der Waals surface area contributed by atoms with E-state index in [2.05, 4.69) is 11.7 Å². The Morgan fingerprint density at radius 3 is 2.37 bits per heavy atom. The Balaban J connectivity index is 1.93. The lowest BCUT2D eigenvalue weighted by Crippen LogP contribution is -2.18. The fourth-order valence-electron chi connectivity index (χ4n) is 3.14. The molecule has 0 radical (unpaired) electrons. The summed E-state index contributed by atoms with van der Waals surface area (Å²) in [5.41, 5.74) is 1.35. The number of rotatable bonds is 3. The van der Waals surface area contributed by atoms with E-state index in [-0.39, 0.29) is 11.1 Å². The van der Waals surface area contributed by atoms with Crippen molar-refractivity contribution in [2.45, 2.75) is 32.5 Å². The van der Waals surface area contributed by atoms with Gasteiger partial charge in [-0.2, -0.15) is 4.39 Å². The summed E-state index contributed by atoms with van der Waals surface area (Å²) < 4.78 is 68.8. The Morgan fingerprint density at radius 1 is 1.07 bits per heavy atom. The van der Waals surface area contributed by atoms with Crippen molar-refractivity contribution in [3.8, 4) is 22.6 Å². The molecule has 27 heavy (non-hydrogen) atoms. The van der Waals surface area contributed by atoms with Crippen molar-refractivity contribution >= 4 is 5.57 Å². The molecule has 1 N–H and O–H groups in total. The molecule has 144 valence electrons. The second kappa shape index (κ2) is 7.21. The summed E-state index contributed by atoms with van der Waals surface area (Å²) in [6, 6.07) is 5.96. The molecule has 7 heteroatoms. The lowest BCUT2D eigenvalue weighted by molar-refractivity contribution is -0.275. The van der Waals surface area contributed by atoms with Gasteiger partial charge in [-0.3, -0.25) is 0 Å². The molecular weight excluding hydrogens is 367 g/mol. The lowest BCUT2D eigenvalue weighted by atomic mass is 9.87. The molecule has 0 fully saturated rings. The summed E-state index contributed by atoms with van der Waals surface area (Å²) in [4.78, 5) is 0. The number of aromatic hydroxyl groups is 1. The van der Waals surface area contributed by atoms with Gasteiger partial charge in [-0.15, -0.1) is 13.2 Å². The first-order valence-electron chi connectivity index (χ1n) is 8.42. The van der Waals surface area contributed by atoms with Crippen LogP contribution in [0.15, 0.2) is 36.4 Å². The minimum atomic E-state index is -5.09. The lowest BCUT2D eigenvalue weighted by Gasteiger charge is -2.19. The topological polar surface area (TPSA) is 29.5 Å². The fourth-order valence-corrected chi connectivity index (χ4v) is 3.14. The molecule has 2 aromatic carbocycles. The van der Waals surface area contributed by atoms with Crippen molar-refractivity contribution in [2.24, 2.45) is 5.92 Å². The van der Waals surface area contributed by atoms with Crippen LogP contribution in [0.2, 0.25) is 0 Å². The second-order valence-electron chi connectivity index (χ2n) is 6.63. The van der Waals surface area contributed by atoms with Gasteiger partial charge in [0.2, 0.25) is 5.82 Å². The van der Waals surface area contributed by atoms with E-state index in [9.17, 15) is 27.1 Å². The van der Waals surface area contributed by atoms with Crippen LogP contribution in [0.3, 0.4) is 0 Å². The van der Waals surface area contributed by atoms with E-state index in [1.807, 2.05) is 6.08 Å². The number of hydrogen-bond acceptors (Lipinski definition) is 2. The molecular formula is C20H17F5O2. The van der Waals surface area contributed by atoms with Gasteiger partial charge in [0, 0.05) is 11.1 Å². The van der Waals surface area contributed by atoms with Crippen molar-refractivity contribution in [1.29, 1.82) is 0 Å². The van der Waals surface area contributed by atoms with Crippen molar-refractivity contribution in [1.82, 2.24) is 0 Å². The molecule has 0 heterocycles. The van der Waals surface area contributed by atoms with Gasteiger partial charge >= 0.3 is 6.36 Å². The number of benzene rings is 2. The van der Waals surface area contributed by atoms with Gasteiger partial charge in [0.1, 0.15) is 5.82 Å². The first-order valence-corrected chi connectivity index (χ1v) is 8.42. The molecule has 0 spiro atoms. The van der Waals surface area contributed by atoms with Gasteiger partial charge in [-0.05, 0) is 54.5 Å². The number of allylic oxidation sites excluding steroid dienone is 2. The first-order chi connectivity index (χ1) is 12.7. The zero-order valence-electron chi connectivity index (χ0n) is 14.4. The number of alkyl halides is 3. The van der Waals surface area contributed by atoms with E-state index in [0.29, 0.717) is 11.5 Å². The number of phenols is 1. The van der Waals surface area contributed by atoms with Crippen LogP contribution in [0, 0.1) is 17.6 Å². The normalized spacial score (nSPS) is 17.6. The van der Waals surface area contributed by atoms with E-state index < -0.39 is 29.5 Å². The monoisotopic (exact) mass is 384 g/mol. The molecule has 0 aromatic heterocycles. The van der Waals surface area contributed by atoms with Crippen molar-refractivity contribution in [3.63, 3.8) is 0 Å². The molecule has 1 aliphatic carbocycles. The summed E-state index contributed by atoms with van der Waals surface area (Å²) in [6.07, 6.45) is -0.524. The maximum absolute atomic E-state index is 14.6. The highest BCUT2D eigenvalue weighted by Crippen LogP contribution is 2.39. The highest BCUT2D eigenvalue weighted by Gasteiger charge is 2.33. The summed E-state index contributed by atoms with van der Waals surface area (Å²) in [5.74, 6) is -3.73. The third-order valence-electron chi connectivity index (χ3n) is 4.61. The quantitative estimate of drug-likeness (QED) is 0.617. The number of phenolic OH excluding ortho intramolecular Hbond substituents is 1. The average molecular weight is 384 g/mol. The minimum absolute atomic E-state index is 0.126. The van der Waals surface area contributed by atoms with Crippen molar-refractivity contribution in [3.05, 3.63) is 53.6 Å². The Morgan fingerprint density at radius 2 is 1.78 bits per heavy atom. The smallest absolute Gasteiger partial charge is 0.504 e. The second-order valence-corrected chi connectivity index (χ2v) is 6.63. The summed E-state index contributed by atoms with van der Waals surface area (Å²) in [5, 5.41) is 9.91. The zero-order chi connectivity index (χ0) is 19.8. The highest BCUT2D eigenvalue weighted by molar-refractivity contribution is 5.75. The van der Waals surface area contributed by atoms with Crippen LogP contribution >= 0.6 is 0 Å². The van der Waals surface area contributed by atoms with Crippen LogP contribution in [-0.2, 0) is 0 Å². The maximum atomic E-state index is 14.6. The van der Waals surface area contributed by atoms with Crippen molar-refractivity contribution in [2.75, 3.05) is 0 Å². The molecule has 1 atom stereocenters. The molecule has 0 saturated heterocycles. The third-order valence-corrected chi connectivity index (χ3v) is 4.61. The van der Waals surface area contributed by atoms with Gasteiger partial charge in [-0.1, -0.05) is 25.1 Å². The third kappa shape index (κ3) is 4.23. The minimum Gasteiger partial charge on any atom is -0.504 e. The standard InChI is InChI=1S/C20H17F5O2/c1-11-2-4-12(5-3-11)14-7-6-13(10-16(14)21)15-8-9-17(18(22)19(15)26)27-20(23,24)25/h4,6-11,26H,2-3,5H2,1H3. The molecule has 0 amide bonds. The first kappa shape index (κ1) is 19.2. The molecule has 1 aliphatic rings. The molecule has 1 unspecified atom stereocenters. The van der Waals surface area contributed by atoms with Crippen LogP contribution in [0.4, 0.5) is 22.0 Å². The molecule has 0 saturated carbocycles. The Hall–Kier alpha value is -2.57. The fraction of sp³-hybridized carbons (Fsp3) is 0.300. The number of halogens is 5. The molecule has 3 rings (SSSR count). The average Bonchev–Trinajstić information content (AvgIpc) is 2.59. The van der Waals surface area contributed by atoms with E-state index in [4.69, 9.17) is 0 Å². The van der Waals surface area contributed by atoms with Crippen LogP contribution in [-0.4, -0.2) is 11.5 Å². The molecule has 2 aromatic rings. The Kier molecular flexibility index (Phi) is 5.13. The molecule has 2 nitrogen and oxygen atoms in total.